The van der Waals surface area contributed by atoms with E-state index in [1.807, 2.05) is 45.2 Å². The third-order valence-corrected chi connectivity index (χ3v) is 2.40. The molecule has 0 saturated heterocycles. The predicted octanol–water partition coefficient (Wildman–Crippen LogP) is 2.12. The highest BCUT2D eigenvalue weighted by molar-refractivity contribution is 5.30. The van der Waals surface area contributed by atoms with Gasteiger partial charge in [0.05, 0.1) is 6.10 Å². The van der Waals surface area contributed by atoms with Crippen molar-refractivity contribution >= 4 is 0 Å². The number of hydrogen-bond acceptors (Lipinski definition) is 3. The Bertz CT molecular complexity index is 313. The zero-order valence-corrected chi connectivity index (χ0v) is 10.2. The highest BCUT2D eigenvalue weighted by Gasteiger charge is 2.09. The second-order valence-electron chi connectivity index (χ2n) is 4.09. The Morgan fingerprint density at radius 1 is 1.38 bits per heavy atom. The van der Waals surface area contributed by atoms with Gasteiger partial charge < -0.3 is 15.2 Å². The van der Waals surface area contributed by atoms with Crippen LogP contribution < -0.4 is 10.1 Å². The van der Waals surface area contributed by atoms with Gasteiger partial charge in [0.15, 0.2) is 0 Å². The number of nitrogens with one attached hydrogen (secondary N) is 1. The molecule has 0 heterocycles. The number of rotatable bonds is 6. The number of aliphatic hydroxyl groups excluding tert-OH is 1. The molecule has 16 heavy (non-hydrogen) atoms. The molecule has 3 nitrogen and oxygen atoms in total. The summed E-state index contributed by atoms with van der Waals surface area (Å²) >= 11 is 0. The van der Waals surface area contributed by atoms with Crippen molar-refractivity contribution in [1.29, 1.82) is 0 Å². The first kappa shape index (κ1) is 13.0. The SMILES string of the molecule is CNC(CCO)c1cccc(OC(C)C)c1. The van der Waals surface area contributed by atoms with Crippen LogP contribution in [0.1, 0.15) is 31.9 Å². The molecule has 0 fully saturated rings. The lowest BCUT2D eigenvalue weighted by Crippen LogP contribution is -2.17. The van der Waals surface area contributed by atoms with Crippen LogP contribution in [0.5, 0.6) is 5.75 Å². The number of aliphatic hydroxyl groups is 1. The maximum Gasteiger partial charge on any atom is 0.120 e. The topological polar surface area (TPSA) is 41.5 Å². The molecule has 1 aromatic carbocycles. The van der Waals surface area contributed by atoms with E-state index in [1.165, 1.54) is 0 Å². The van der Waals surface area contributed by atoms with Gasteiger partial charge in [-0.1, -0.05) is 12.1 Å². The summed E-state index contributed by atoms with van der Waals surface area (Å²) in [5.74, 6) is 0.880. The maximum absolute atomic E-state index is 8.97. The van der Waals surface area contributed by atoms with Gasteiger partial charge in [-0.2, -0.15) is 0 Å². The Morgan fingerprint density at radius 3 is 2.69 bits per heavy atom. The molecule has 0 aromatic heterocycles. The first-order valence-electron chi connectivity index (χ1n) is 5.72. The van der Waals surface area contributed by atoms with Gasteiger partial charge in [-0.15, -0.1) is 0 Å². The molecule has 1 rings (SSSR count). The van der Waals surface area contributed by atoms with Crippen molar-refractivity contribution in [2.45, 2.75) is 32.4 Å². The number of ether oxygens (including phenoxy) is 1. The van der Waals surface area contributed by atoms with Crippen molar-refractivity contribution in [1.82, 2.24) is 5.32 Å². The molecule has 0 aliphatic heterocycles. The normalized spacial score (nSPS) is 12.8. The summed E-state index contributed by atoms with van der Waals surface area (Å²) in [7, 11) is 1.90. The van der Waals surface area contributed by atoms with Crippen LogP contribution in [-0.4, -0.2) is 24.9 Å². The Morgan fingerprint density at radius 2 is 2.12 bits per heavy atom. The average Bonchev–Trinajstić information content (AvgIpc) is 2.25. The minimum atomic E-state index is 0.181. The first-order valence-corrected chi connectivity index (χ1v) is 5.72. The average molecular weight is 223 g/mol. The van der Waals surface area contributed by atoms with E-state index in [9.17, 15) is 0 Å². The lowest BCUT2D eigenvalue weighted by atomic mass is 10.0. The summed E-state index contributed by atoms with van der Waals surface area (Å²) in [6.07, 6.45) is 0.892. The van der Waals surface area contributed by atoms with Crippen LogP contribution >= 0.6 is 0 Å². The quantitative estimate of drug-likeness (QED) is 0.776. The van der Waals surface area contributed by atoms with Crippen molar-refractivity contribution in [3.05, 3.63) is 29.8 Å². The summed E-state index contributed by atoms with van der Waals surface area (Å²) in [5.41, 5.74) is 1.15. The fourth-order valence-electron chi connectivity index (χ4n) is 1.68. The van der Waals surface area contributed by atoms with Crippen molar-refractivity contribution in [3.63, 3.8) is 0 Å². The Hall–Kier alpha value is -1.06. The monoisotopic (exact) mass is 223 g/mol. The number of benzene rings is 1. The van der Waals surface area contributed by atoms with Gasteiger partial charge in [0, 0.05) is 12.6 Å². The van der Waals surface area contributed by atoms with Crippen molar-refractivity contribution in [2.75, 3.05) is 13.7 Å². The van der Waals surface area contributed by atoms with Crippen molar-refractivity contribution < 1.29 is 9.84 Å². The fraction of sp³-hybridized carbons (Fsp3) is 0.538. The van der Waals surface area contributed by atoms with Crippen LogP contribution in [0.25, 0.3) is 0 Å². The van der Waals surface area contributed by atoms with E-state index in [0.717, 1.165) is 11.3 Å². The lowest BCUT2D eigenvalue weighted by molar-refractivity contribution is 0.241. The van der Waals surface area contributed by atoms with Crippen LogP contribution in [0.4, 0.5) is 0 Å². The molecule has 0 amide bonds. The third kappa shape index (κ3) is 3.83. The molecule has 0 bridgehead atoms. The minimum absolute atomic E-state index is 0.181. The molecule has 1 atom stereocenters. The van der Waals surface area contributed by atoms with Gasteiger partial charge in [-0.25, -0.2) is 0 Å². The van der Waals surface area contributed by atoms with E-state index in [2.05, 4.69) is 5.32 Å². The van der Waals surface area contributed by atoms with Gasteiger partial charge in [0.2, 0.25) is 0 Å². The molecular formula is C13H21NO2. The van der Waals surface area contributed by atoms with E-state index >= 15 is 0 Å². The summed E-state index contributed by atoms with van der Waals surface area (Å²) in [5, 5.41) is 12.2. The molecule has 0 spiro atoms. The Balaban J connectivity index is 2.79. The minimum Gasteiger partial charge on any atom is -0.491 e. The molecule has 0 radical (unpaired) electrons. The van der Waals surface area contributed by atoms with Gasteiger partial charge in [0.1, 0.15) is 5.75 Å². The zero-order chi connectivity index (χ0) is 12.0. The van der Waals surface area contributed by atoms with Gasteiger partial charge in [-0.05, 0) is 45.0 Å². The van der Waals surface area contributed by atoms with Crippen molar-refractivity contribution in [2.24, 2.45) is 0 Å². The fourth-order valence-corrected chi connectivity index (χ4v) is 1.68. The van der Waals surface area contributed by atoms with E-state index in [0.29, 0.717) is 6.42 Å². The van der Waals surface area contributed by atoms with Crippen LogP contribution in [0.3, 0.4) is 0 Å². The van der Waals surface area contributed by atoms with Crippen LogP contribution in [-0.2, 0) is 0 Å². The van der Waals surface area contributed by atoms with Crippen LogP contribution in [0.2, 0.25) is 0 Å². The van der Waals surface area contributed by atoms with Gasteiger partial charge >= 0.3 is 0 Å². The smallest absolute Gasteiger partial charge is 0.120 e. The molecule has 0 aliphatic rings. The summed E-state index contributed by atoms with van der Waals surface area (Å²) in [6, 6.07) is 8.19. The van der Waals surface area contributed by atoms with Gasteiger partial charge in [0.25, 0.3) is 0 Å². The van der Waals surface area contributed by atoms with E-state index in [1.54, 1.807) is 0 Å². The largest absolute Gasteiger partial charge is 0.491 e. The molecule has 2 N–H and O–H groups in total. The second-order valence-corrected chi connectivity index (χ2v) is 4.09. The van der Waals surface area contributed by atoms with Gasteiger partial charge in [-0.3, -0.25) is 0 Å². The van der Waals surface area contributed by atoms with E-state index < -0.39 is 0 Å². The highest BCUT2D eigenvalue weighted by Crippen LogP contribution is 2.21. The molecule has 90 valence electrons. The molecule has 1 unspecified atom stereocenters. The maximum atomic E-state index is 8.97. The van der Waals surface area contributed by atoms with E-state index in [-0.39, 0.29) is 18.8 Å². The molecule has 3 heteroatoms. The Labute approximate surface area is 97.4 Å². The second kappa shape index (κ2) is 6.51. The lowest BCUT2D eigenvalue weighted by Gasteiger charge is -2.17. The molecule has 0 saturated carbocycles. The molecular weight excluding hydrogens is 202 g/mol. The van der Waals surface area contributed by atoms with E-state index in [4.69, 9.17) is 9.84 Å². The summed E-state index contributed by atoms with van der Waals surface area (Å²) in [4.78, 5) is 0. The third-order valence-electron chi connectivity index (χ3n) is 2.40. The summed E-state index contributed by atoms with van der Waals surface area (Å²) < 4.78 is 5.64. The van der Waals surface area contributed by atoms with Crippen molar-refractivity contribution in [3.8, 4) is 5.75 Å². The van der Waals surface area contributed by atoms with Crippen LogP contribution in [0, 0.1) is 0 Å². The highest BCUT2D eigenvalue weighted by atomic mass is 16.5. The standard InChI is InChI=1S/C13H21NO2/c1-10(2)16-12-6-4-5-11(9-12)13(14-3)7-8-15/h4-6,9-10,13-15H,7-8H2,1-3H3. The predicted molar refractivity (Wildman–Crippen MR) is 65.7 cm³/mol. The summed E-state index contributed by atoms with van der Waals surface area (Å²) in [6.45, 7) is 4.20. The Kier molecular flexibility index (Phi) is 5.29. The molecule has 0 aliphatic carbocycles. The zero-order valence-electron chi connectivity index (χ0n) is 10.2. The molecule has 1 aromatic rings. The van der Waals surface area contributed by atoms with Crippen LogP contribution in [0.15, 0.2) is 24.3 Å². The first-order chi connectivity index (χ1) is 7.67. The number of hydrogen-bond donors (Lipinski definition) is 2.